The number of rotatable bonds is 4. The maximum Gasteiger partial charge on any atom is 0.416 e. The van der Waals surface area contributed by atoms with Crippen LogP contribution in [0.15, 0.2) is 42.7 Å². The van der Waals surface area contributed by atoms with Gasteiger partial charge in [-0.1, -0.05) is 0 Å². The van der Waals surface area contributed by atoms with E-state index in [0.29, 0.717) is 17.7 Å². The van der Waals surface area contributed by atoms with Gasteiger partial charge in [-0.3, -0.25) is 0 Å². The summed E-state index contributed by atoms with van der Waals surface area (Å²) in [5, 5.41) is 0. The Labute approximate surface area is 144 Å². The number of esters is 1. The van der Waals surface area contributed by atoms with Crippen molar-refractivity contribution in [3.8, 4) is 5.69 Å². The molecule has 0 N–H and O–H groups in total. The van der Waals surface area contributed by atoms with Crippen molar-refractivity contribution in [2.75, 3.05) is 6.61 Å². The lowest BCUT2D eigenvalue weighted by atomic mass is 10.1. The first-order valence-corrected chi connectivity index (χ1v) is 7.33. The molecule has 0 fully saturated rings. The number of carbonyl (C=O) groups excluding carboxylic acids is 1. The van der Waals surface area contributed by atoms with Crippen LogP contribution in [0.5, 0.6) is 0 Å². The summed E-state index contributed by atoms with van der Waals surface area (Å²) in [7, 11) is 0. The monoisotopic (exact) mass is 377 g/mol. The molecule has 3 nitrogen and oxygen atoms in total. The van der Waals surface area contributed by atoms with Crippen LogP contribution in [0.4, 0.5) is 26.3 Å². The van der Waals surface area contributed by atoms with Gasteiger partial charge in [0, 0.05) is 24.2 Å². The van der Waals surface area contributed by atoms with Gasteiger partial charge in [-0.05, 0) is 42.8 Å². The number of carbonyl (C=O) groups is 1. The minimum Gasteiger partial charge on any atom is -0.463 e. The van der Waals surface area contributed by atoms with E-state index in [-0.39, 0.29) is 18.4 Å². The zero-order valence-corrected chi connectivity index (χ0v) is 13.4. The maximum atomic E-state index is 12.9. The van der Waals surface area contributed by atoms with Gasteiger partial charge in [0.05, 0.1) is 17.7 Å². The molecule has 0 radical (unpaired) electrons. The smallest absolute Gasteiger partial charge is 0.416 e. The number of nitrogens with zero attached hydrogens (tertiary/aromatic N) is 1. The third kappa shape index (κ3) is 4.90. The fraction of sp³-hybridized carbons (Fsp3) is 0.235. The summed E-state index contributed by atoms with van der Waals surface area (Å²) in [5.41, 5.74) is -2.70. The molecule has 0 aliphatic rings. The van der Waals surface area contributed by atoms with Gasteiger partial charge in [0.2, 0.25) is 0 Å². The summed E-state index contributed by atoms with van der Waals surface area (Å²) in [6, 6.07) is 2.74. The van der Waals surface area contributed by atoms with Crippen LogP contribution in [0.3, 0.4) is 0 Å². The summed E-state index contributed by atoms with van der Waals surface area (Å²) in [4.78, 5) is 11.2. The molecule has 0 spiro atoms. The Kier molecular flexibility index (Phi) is 5.48. The van der Waals surface area contributed by atoms with E-state index in [2.05, 4.69) is 4.74 Å². The molecule has 0 saturated heterocycles. The third-order valence-electron chi connectivity index (χ3n) is 3.28. The Morgan fingerprint density at radius 1 is 1.08 bits per heavy atom. The number of aromatic nitrogens is 1. The van der Waals surface area contributed by atoms with Gasteiger partial charge in [0.15, 0.2) is 0 Å². The third-order valence-corrected chi connectivity index (χ3v) is 3.28. The molecule has 0 aliphatic carbocycles. The Morgan fingerprint density at radius 2 is 1.65 bits per heavy atom. The van der Waals surface area contributed by atoms with Gasteiger partial charge in [0.1, 0.15) is 0 Å². The molecule has 0 amide bonds. The molecule has 0 atom stereocenters. The first kappa shape index (κ1) is 19.6. The molecule has 1 aromatic carbocycles. The van der Waals surface area contributed by atoms with E-state index in [4.69, 9.17) is 0 Å². The Balaban J connectivity index is 2.41. The van der Waals surface area contributed by atoms with Gasteiger partial charge in [-0.15, -0.1) is 0 Å². The molecule has 0 bridgehead atoms. The largest absolute Gasteiger partial charge is 0.463 e. The summed E-state index contributed by atoms with van der Waals surface area (Å²) in [6.45, 7) is 1.79. The second-order valence-corrected chi connectivity index (χ2v) is 5.20. The van der Waals surface area contributed by atoms with Crippen molar-refractivity contribution in [1.82, 2.24) is 4.57 Å². The summed E-state index contributed by atoms with van der Waals surface area (Å²) >= 11 is 0. The van der Waals surface area contributed by atoms with Gasteiger partial charge in [0.25, 0.3) is 0 Å². The van der Waals surface area contributed by atoms with E-state index >= 15 is 0 Å². The highest BCUT2D eigenvalue weighted by Crippen LogP contribution is 2.37. The van der Waals surface area contributed by atoms with Crippen molar-refractivity contribution in [3.63, 3.8) is 0 Å². The van der Waals surface area contributed by atoms with Crippen molar-refractivity contribution in [2.24, 2.45) is 0 Å². The first-order valence-electron chi connectivity index (χ1n) is 7.33. The van der Waals surface area contributed by atoms with E-state index < -0.39 is 29.4 Å². The number of hydrogen-bond acceptors (Lipinski definition) is 2. The van der Waals surface area contributed by atoms with Crippen molar-refractivity contribution in [3.05, 3.63) is 59.4 Å². The lowest BCUT2D eigenvalue weighted by Gasteiger charge is -2.14. The normalized spacial score (nSPS) is 12.6. The average Bonchev–Trinajstić information content (AvgIpc) is 3.00. The minimum atomic E-state index is -4.92. The molecular formula is C17H13F6NO2. The number of benzene rings is 1. The number of halogens is 6. The van der Waals surface area contributed by atoms with Crippen molar-refractivity contribution >= 4 is 12.0 Å². The predicted octanol–water partition coefficient (Wildman–Crippen LogP) is 5.09. The highest BCUT2D eigenvalue weighted by atomic mass is 19.4. The van der Waals surface area contributed by atoms with E-state index in [1.807, 2.05) is 0 Å². The average molecular weight is 377 g/mol. The number of ether oxygens (including phenoxy) is 1. The molecule has 1 aromatic heterocycles. The zero-order chi connectivity index (χ0) is 19.5. The quantitative estimate of drug-likeness (QED) is 0.422. The van der Waals surface area contributed by atoms with Crippen molar-refractivity contribution < 1.29 is 35.9 Å². The Hall–Kier alpha value is -2.71. The van der Waals surface area contributed by atoms with Crippen LogP contribution < -0.4 is 0 Å². The minimum absolute atomic E-state index is 0.0641. The highest BCUT2D eigenvalue weighted by molar-refractivity contribution is 5.87. The lowest BCUT2D eigenvalue weighted by molar-refractivity contribution is -0.143. The summed E-state index contributed by atoms with van der Waals surface area (Å²) in [6.07, 6.45) is -4.80. The molecule has 0 unspecified atom stereocenters. The van der Waals surface area contributed by atoms with Crippen LogP contribution in [0.1, 0.15) is 23.6 Å². The maximum absolute atomic E-state index is 12.9. The van der Waals surface area contributed by atoms with Gasteiger partial charge < -0.3 is 9.30 Å². The number of alkyl halides is 6. The molecule has 2 rings (SSSR count). The van der Waals surface area contributed by atoms with Crippen molar-refractivity contribution in [2.45, 2.75) is 19.3 Å². The van der Waals surface area contributed by atoms with Gasteiger partial charge in [-0.25, -0.2) is 4.79 Å². The zero-order valence-electron chi connectivity index (χ0n) is 13.4. The molecule has 9 heteroatoms. The highest BCUT2D eigenvalue weighted by Gasteiger charge is 2.37. The fourth-order valence-corrected chi connectivity index (χ4v) is 2.11. The van der Waals surface area contributed by atoms with Gasteiger partial charge in [-0.2, -0.15) is 26.3 Å². The van der Waals surface area contributed by atoms with E-state index in [1.165, 1.54) is 24.5 Å². The van der Waals surface area contributed by atoms with E-state index in [9.17, 15) is 31.1 Å². The molecule has 26 heavy (non-hydrogen) atoms. The number of hydrogen-bond donors (Lipinski definition) is 0. The second kappa shape index (κ2) is 7.27. The van der Waals surface area contributed by atoms with Crippen LogP contribution >= 0.6 is 0 Å². The van der Waals surface area contributed by atoms with Gasteiger partial charge >= 0.3 is 18.3 Å². The molecule has 1 heterocycles. The van der Waals surface area contributed by atoms with Crippen LogP contribution in [0.25, 0.3) is 11.8 Å². The SMILES string of the molecule is CCOC(=O)/C=C/c1ccn(-c2cc(C(F)(F)F)cc(C(F)(F)F)c2)c1. The molecule has 2 aromatic rings. The standard InChI is InChI=1S/C17H13F6NO2/c1-2-26-15(25)4-3-11-5-6-24(10-11)14-8-12(16(18,19)20)7-13(9-14)17(21,22)23/h3-10H,2H2,1H3/b4-3+. The van der Waals surface area contributed by atoms with Crippen LogP contribution in [-0.2, 0) is 21.9 Å². The van der Waals surface area contributed by atoms with Crippen LogP contribution in [0.2, 0.25) is 0 Å². The fourth-order valence-electron chi connectivity index (χ4n) is 2.11. The predicted molar refractivity (Wildman–Crippen MR) is 81.4 cm³/mol. The molecule has 140 valence electrons. The Morgan fingerprint density at radius 3 is 2.15 bits per heavy atom. The molecular weight excluding hydrogens is 364 g/mol. The second-order valence-electron chi connectivity index (χ2n) is 5.20. The van der Waals surface area contributed by atoms with Crippen LogP contribution in [-0.4, -0.2) is 17.1 Å². The lowest BCUT2D eigenvalue weighted by Crippen LogP contribution is -2.12. The van der Waals surface area contributed by atoms with E-state index in [0.717, 1.165) is 10.6 Å². The summed E-state index contributed by atoms with van der Waals surface area (Å²) in [5.74, 6) is -0.612. The molecule has 0 aliphatic heterocycles. The Bertz CT molecular complexity index is 785. The molecule has 0 saturated carbocycles. The topological polar surface area (TPSA) is 31.2 Å². The summed E-state index contributed by atoms with van der Waals surface area (Å²) < 4.78 is 83.2. The first-order chi connectivity index (χ1) is 12.0. The van der Waals surface area contributed by atoms with Crippen molar-refractivity contribution in [1.29, 1.82) is 0 Å². The van der Waals surface area contributed by atoms with Crippen LogP contribution in [0, 0.1) is 0 Å². The van der Waals surface area contributed by atoms with E-state index in [1.54, 1.807) is 6.92 Å².